The SMILES string of the molecule is Cc1cc(F)cc(-c2cnc3ccc(-c4cc(F)cc(C(N)=O)c4)cc3c2O[C@H]2CC[C@H](N)C2)c1. The van der Waals surface area contributed by atoms with E-state index in [9.17, 15) is 13.6 Å². The third-order valence-electron chi connectivity index (χ3n) is 6.40. The summed E-state index contributed by atoms with van der Waals surface area (Å²) in [5, 5.41) is 0.701. The molecule has 1 fully saturated rings. The Labute approximate surface area is 201 Å². The summed E-state index contributed by atoms with van der Waals surface area (Å²) in [7, 11) is 0. The van der Waals surface area contributed by atoms with Gasteiger partial charge in [-0.2, -0.15) is 0 Å². The number of hydrogen-bond donors (Lipinski definition) is 2. The highest BCUT2D eigenvalue weighted by Crippen LogP contribution is 2.40. The number of ether oxygens (including phenoxy) is 1. The summed E-state index contributed by atoms with van der Waals surface area (Å²) in [6.07, 6.45) is 4.01. The van der Waals surface area contributed by atoms with Gasteiger partial charge in [0.05, 0.1) is 5.52 Å². The molecule has 3 aromatic carbocycles. The molecule has 5 nitrogen and oxygen atoms in total. The summed E-state index contributed by atoms with van der Waals surface area (Å²) in [6.45, 7) is 1.83. The first-order chi connectivity index (χ1) is 16.8. The number of benzene rings is 3. The topological polar surface area (TPSA) is 91.2 Å². The van der Waals surface area contributed by atoms with E-state index in [0.29, 0.717) is 38.9 Å². The summed E-state index contributed by atoms with van der Waals surface area (Å²) >= 11 is 0. The lowest BCUT2D eigenvalue weighted by Crippen LogP contribution is -2.19. The van der Waals surface area contributed by atoms with Gasteiger partial charge in [0.2, 0.25) is 5.91 Å². The Balaban J connectivity index is 1.71. The third-order valence-corrected chi connectivity index (χ3v) is 6.40. The van der Waals surface area contributed by atoms with Crippen LogP contribution in [0.5, 0.6) is 5.75 Å². The molecule has 1 saturated carbocycles. The molecule has 2 atom stereocenters. The van der Waals surface area contributed by atoms with Crippen molar-refractivity contribution in [3.63, 3.8) is 0 Å². The fourth-order valence-electron chi connectivity index (χ4n) is 4.72. The van der Waals surface area contributed by atoms with Crippen LogP contribution in [-0.2, 0) is 0 Å². The minimum absolute atomic E-state index is 0.0723. The number of hydrogen-bond acceptors (Lipinski definition) is 4. The largest absolute Gasteiger partial charge is 0.489 e. The Hall–Kier alpha value is -3.84. The van der Waals surface area contributed by atoms with Crippen LogP contribution in [0.3, 0.4) is 0 Å². The maximum atomic E-state index is 14.3. The monoisotopic (exact) mass is 473 g/mol. The quantitative estimate of drug-likeness (QED) is 0.400. The third kappa shape index (κ3) is 4.72. The molecule has 5 rings (SSSR count). The van der Waals surface area contributed by atoms with E-state index in [4.69, 9.17) is 16.2 Å². The molecular formula is C28H25F2N3O2. The van der Waals surface area contributed by atoms with Crippen molar-refractivity contribution in [3.05, 3.63) is 83.6 Å². The van der Waals surface area contributed by atoms with Gasteiger partial charge >= 0.3 is 0 Å². The van der Waals surface area contributed by atoms with E-state index in [1.807, 2.05) is 25.1 Å². The Morgan fingerprint density at radius 3 is 2.46 bits per heavy atom. The molecular weight excluding hydrogens is 448 g/mol. The number of pyridine rings is 1. The first kappa shape index (κ1) is 22.9. The molecule has 0 unspecified atom stereocenters. The lowest BCUT2D eigenvalue weighted by molar-refractivity contribution is 0.1000. The van der Waals surface area contributed by atoms with Crippen LogP contribution in [0.2, 0.25) is 0 Å². The highest BCUT2D eigenvalue weighted by Gasteiger charge is 2.26. The number of aromatic nitrogens is 1. The number of nitrogens with two attached hydrogens (primary N) is 2. The minimum atomic E-state index is -0.710. The molecule has 35 heavy (non-hydrogen) atoms. The molecule has 0 radical (unpaired) electrons. The zero-order valence-corrected chi connectivity index (χ0v) is 19.2. The van der Waals surface area contributed by atoms with E-state index in [1.165, 1.54) is 18.2 Å². The van der Waals surface area contributed by atoms with Gasteiger partial charge < -0.3 is 16.2 Å². The first-order valence-electron chi connectivity index (χ1n) is 11.5. The lowest BCUT2D eigenvalue weighted by Gasteiger charge is -2.20. The molecule has 178 valence electrons. The smallest absolute Gasteiger partial charge is 0.248 e. The molecule has 0 bridgehead atoms. The number of nitrogens with zero attached hydrogens (tertiary/aromatic N) is 1. The van der Waals surface area contributed by atoms with Crippen LogP contribution >= 0.6 is 0 Å². The van der Waals surface area contributed by atoms with Gasteiger partial charge in [0, 0.05) is 28.8 Å². The van der Waals surface area contributed by atoms with Gasteiger partial charge in [-0.1, -0.05) is 12.1 Å². The van der Waals surface area contributed by atoms with Crippen molar-refractivity contribution in [2.75, 3.05) is 0 Å². The summed E-state index contributed by atoms with van der Waals surface area (Å²) in [4.78, 5) is 16.3. The van der Waals surface area contributed by atoms with Crippen LogP contribution in [0.25, 0.3) is 33.2 Å². The van der Waals surface area contributed by atoms with Crippen molar-refractivity contribution in [2.45, 2.75) is 38.3 Å². The maximum absolute atomic E-state index is 14.3. The van der Waals surface area contributed by atoms with Crippen molar-refractivity contribution in [1.82, 2.24) is 4.98 Å². The van der Waals surface area contributed by atoms with E-state index in [2.05, 4.69) is 4.98 Å². The molecule has 1 heterocycles. The van der Waals surface area contributed by atoms with E-state index >= 15 is 0 Å². The summed E-state index contributed by atoms with van der Waals surface area (Å²) < 4.78 is 35.0. The van der Waals surface area contributed by atoms with E-state index in [0.717, 1.165) is 30.9 Å². The van der Waals surface area contributed by atoms with Crippen LogP contribution in [0.15, 0.2) is 60.8 Å². The number of primary amides is 1. The van der Waals surface area contributed by atoms with Crippen LogP contribution in [0, 0.1) is 18.6 Å². The van der Waals surface area contributed by atoms with Gasteiger partial charge in [-0.05, 0) is 90.9 Å². The summed E-state index contributed by atoms with van der Waals surface area (Å²) in [5.74, 6) is -1.04. The fourth-order valence-corrected chi connectivity index (χ4v) is 4.72. The number of aryl methyl sites for hydroxylation is 1. The Kier molecular flexibility index (Phi) is 5.94. The predicted molar refractivity (Wildman–Crippen MR) is 132 cm³/mol. The average Bonchev–Trinajstić information content (AvgIpc) is 3.22. The maximum Gasteiger partial charge on any atom is 0.248 e. The molecule has 4 N–H and O–H groups in total. The summed E-state index contributed by atoms with van der Waals surface area (Å²) in [5.41, 5.74) is 15.5. The highest BCUT2D eigenvalue weighted by molar-refractivity contribution is 5.97. The predicted octanol–water partition coefficient (Wildman–Crippen LogP) is 5.51. The van der Waals surface area contributed by atoms with Crippen LogP contribution in [0.1, 0.15) is 35.2 Å². The number of fused-ring (bicyclic) bond motifs is 1. The van der Waals surface area contributed by atoms with Gasteiger partial charge in [-0.3, -0.25) is 9.78 Å². The van der Waals surface area contributed by atoms with Crippen molar-refractivity contribution in [3.8, 4) is 28.0 Å². The van der Waals surface area contributed by atoms with Crippen molar-refractivity contribution < 1.29 is 18.3 Å². The molecule has 4 aromatic rings. The fraction of sp³-hybridized carbons (Fsp3) is 0.214. The Bertz CT molecular complexity index is 1430. The normalized spacial score (nSPS) is 17.6. The second-order valence-electron chi connectivity index (χ2n) is 9.16. The van der Waals surface area contributed by atoms with Crippen LogP contribution in [-0.4, -0.2) is 23.0 Å². The lowest BCUT2D eigenvalue weighted by atomic mass is 9.97. The van der Waals surface area contributed by atoms with Gasteiger partial charge in [0.25, 0.3) is 0 Å². The van der Waals surface area contributed by atoms with Crippen molar-refractivity contribution in [1.29, 1.82) is 0 Å². The number of carbonyl (C=O) groups is 1. The zero-order chi connectivity index (χ0) is 24.7. The Morgan fingerprint density at radius 1 is 0.971 bits per heavy atom. The molecule has 7 heteroatoms. The van der Waals surface area contributed by atoms with Crippen molar-refractivity contribution >= 4 is 16.8 Å². The molecule has 0 spiro atoms. The van der Waals surface area contributed by atoms with Gasteiger partial charge in [-0.25, -0.2) is 8.78 Å². The molecule has 1 amide bonds. The highest BCUT2D eigenvalue weighted by atomic mass is 19.1. The standard InChI is InChI=1S/C28H25F2N3O2/c1-15-6-18(10-20(29)7-15)25-14-33-26-5-2-16(17-8-19(28(32)34)11-21(30)9-17)12-24(26)27(25)35-23-4-3-22(31)13-23/h2,5-12,14,22-23H,3-4,13,31H2,1H3,(H2,32,34)/t22-,23-/m0/s1. The molecule has 0 aliphatic heterocycles. The molecule has 1 aromatic heterocycles. The number of halogens is 2. The van der Waals surface area contributed by atoms with Crippen LogP contribution < -0.4 is 16.2 Å². The molecule has 0 saturated heterocycles. The van der Waals surface area contributed by atoms with E-state index in [1.54, 1.807) is 18.3 Å². The number of rotatable bonds is 5. The molecule has 1 aliphatic rings. The van der Waals surface area contributed by atoms with Gasteiger partial charge in [-0.15, -0.1) is 0 Å². The van der Waals surface area contributed by atoms with Crippen molar-refractivity contribution in [2.24, 2.45) is 11.5 Å². The van der Waals surface area contributed by atoms with Gasteiger partial charge in [0.1, 0.15) is 23.5 Å². The Morgan fingerprint density at radius 2 is 1.74 bits per heavy atom. The number of carbonyl (C=O) groups excluding carboxylic acids is 1. The van der Waals surface area contributed by atoms with E-state index < -0.39 is 11.7 Å². The summed E-state index contributed by atoms with van der Waals surface area (Å²) in [6, 6.07) is 14.3. The van der Waals surface area contributed by atoms with E-state index in [-0.39, 0.29) is 23.5 Å². The first-order valence-corrected chi connectivity index (χ1v) is 11.5. The zero-order valence-electron chi connectivity index (χ0n) is 19.2. The second kappa shape index (κ2) is 9.07. The second-order valence-corrected chi connectivity index (χ2v) is 9.16. The van der Waals surface area contributed by atoms with Gasteiger partial charge in [0.15, 0.2) is 0 Å². The minimum Gasteiger partial charge on any atom is -0.489 e. The molecule has 1 aliphatic carbocycles. The van der Waals surface area contributed by atoms with Crippen LogP contribution in [0.4, 0.5) is 8.78 Å². The number of amides is 1. The average molecular weight is 474 g/mol.